The fourth-order valence-corrected chi connectivity index (χ4v) is 2.53. The summed E-state index contributed by atoms with van der Waals surface area (Å²) >= 11 is 0. The second kappa shape index (κ2) is 8.40. The lowest BCUT2D eigenvalue weighted by molar-refractivity contribution is 0.140. The van der Waals surface area contributed by atoms with E-state index in [9.17, 15) is 0 Å². The van der Waals surface area contributed by atoms with E-state index < -0.39 is 0 Å². The summed E-state index contributed by atoms with van der Waals surface area (Å²) in [4.78, 5) is 2.53. The summed E-state index contributed by atoms with van der Waals surface area (Å²) in [5.74, 6) is 0.942. The van der Waals surface area contributed by atoms with Crippen molar-refractivity contribution >= 4 is 0 Å². The first-order chi connectivity index (χ1) is 9.93. The zero-order valence-corrected chi connectivity index (χ0v) is 14.4. The van der Waals surface area contributed by atoms with E-state index in [1.165, 1.54) is 5.56 Å². The Kier molecular flexibility index (Phi) is 7.20. The molecule has 0 saturated heterocycles. The Hall–Kier alpha value is -1.06. The van der Waals surface area contributed by atoms with Crippen LogP contribution in [0.25, 0.3) is 0 Å². The Bertz CT molecular complexity index is 400. The Morgan fingerprint density at radius 3 is 2.29 bits per heavy atom. The van der Waals surface area contributed by atoms with Crippen molar-refractivity contribution in [3.63, 3.8) is 0 Å². The topological polar surface area (TPSA) is 38.5 Å². The number of nitrogens with two attached hydrogens (primary N) is 1. The van der Waals surface area contributed by atoms with E-state index in [-0.39, 0.29) is 5.41 Å². The van der Waals surface area contributed by atoms with Crippen LogP contribution in [0, 0.1) is 5.41 Å². The minimum atomic E-state index is 0.148. The van der Waals surface area contributed by atoms with Gasteiger partial charge in [0.05, 0.1) is 6.61 Å². The van der Waals surface area contributed by atoms with Crippen molar-refractivity contribution in [2.75, 3.05) is 26.2 Å². The van der Waals surface area contributed by atoms with E-state index in [4.69, 9.17) is 10.5 Å². The van der Waals surface area contributed by atoms with E-state index in [1.807, 2.05) is 6.92 Å². The maximum atomic E-state index is 5.90. The molecule has 0 aliphatic rings. The molecule has 0 radical (unpaired) electrons. The van der Waals surface area contributed by atoms with Crippen molar-refractivity contribution in [2.45, 2.75) is 47.1 Å². The number of hydrogen-bond acceptors (Lipinski definition) is 3. The zero-order chi connectivity index (χ0) is 15.9. The molecule has 1 aromatic carbocycles. The molecule has 3 heteroatoms. The summed E-state index contributed by atoms with van der Waals surface area (Å²) in [5, 5.41) is 0. The molecule has 0 fully saturated rings. The monoisotopic (exact) mass is 292 g/mol. The van der Waals surface area contributed by atoms with Gasteiger partial charge in [0.15, 0.2) is 0 Å². The van der Waals surface area contributed by atoms with Gasteiger partial charge < -0.3 is 10.5 Å². The van der Waals surface area contributed by atoms with Crippen LogP contribution in [0.5, 0.6) is 5.75 Å². The summed E-state index contributed by atoms with van der Waals surface area (Å²) in [5.41, 5.74) is 7.38. The third-order valence-corrected chi connectivity index (χ3v) is 3.92. The average Bonchev–Trinajstić information content (AvgIpc) is 2.47. The number of hydrogen-bond donors (Lipinski definition) is 1. The molecule has 1 aromatic rings. The Morgan fingerprint density at radius 1 is 1.19 bits per heavy atom. The van der Waals surface area contributed by atoms with Crippen molar-refractivity contribution in [3.05, 3.63) is 29.8 Å². The molecule has 0 bridgehead atoms. The highest BCUT2D eigenvalue weighted by Gasteiger charge is 2.23. The standard InChI is InChI=1S/C18H32N2O/c1-6-12-20(14-18(4,5)13-19)15(3)16-8-10-17(11-9-16)21-7-2/h8-11,15H,6-7,12-14,19H2,1-5H3. The Balaban J connectivity index is 2.81. The highest BCUT2D eigenvalue weighted by molar-refractivity contribution is 5.29. The van der Waals surface area contributed by atoms with Gasteiger partial charge in [0.2, 0.25) is 0 Å². The molecule has 0 aromatic heterocycles. The van der Waals surface area contributed by atoms with E-state index in [1.54, 1.807) is 0 Å². The molecule has 3 nitrogen and oxygen atoms in total. The van der Waals surface area contributed by atoms with Crippen molar-refractivity contribution < 1.29 is 4.74 Å². The van der Waals surface area contributed by atoms with Crippen molar-refractivity contribution in [1.29, 1.82) is 0 Å². The molecule has 0 heterocycles. The molecule has 0 aliphatic heterocycles. The van der Waals surface area contributed by atoms with Crippen LogP contribution in [-0.2, 0) is 0 Å². The van der Waals surface area contributed by atoms with E-state index in [0.29, 0.717) is 19.2 Å². The molecule has 120 valence electrons. The Labute approximate surface area is 130 Å². The third-order valence-electron chi connectivity index (χ3n) is 3.92. The summed E-state index contributed by atoms with van der Waals surface area (Å²) in [6.07, 6.45) is 1.15. The van der Waals surface area contributed by atoms with Crippen LogP contribution in [0.3, 0.4) is 0 Å². The van der Waals surface area contributed by atoms with Gasteiger partial charge in [0.1, 0.15) is 5.75 Å². The lowest BCUT2D eigenvalue weighted by Crippen LogP contribution is -2.40. The third kappa shape index (κ3) is 5.68. The molecule has 0 spiro atoms. The van der Waals surface area contributed by atoms with Gasteiger partial charge in [-0.3, -0.25) is 4.90 Å². The largest absolute Gasteiger partial charge is 0.494 e. The fourth-order valence-electron chi connectivity index (χ4n) is 2.53. The first kappa shape index (κ1) is 18.0. The van der Waals surface area contributed by atoms with E-state index in [2.05, 4.69) is 56.9 Å². The molecule has 2 N–H and O–H groups in total. The number of benzene rings is 1. The van der Waals surface area contributed by atoms with Crippen LogP contribution in [0.1, 0.15) is 52.6 Å². The summed E-state index contributed by atoms with van der Waals surface area (Å²) in [6, 6.07) is 8.87. The molecule has 21 heavy (non-hydrogen) atoms. The van der Waals surface area contributed by atoms with Gasteiger partial charge in [-0.1, -0.05) is 32.9 Å². The number of nitrogens with zero attached hydrogens (tertiary/aromatic N) is 1. The van der Waals surface area contributed by atoms with Crippen LogP contribution >= 0.6 is 0 Å². The van der Waals surface area contributed by atoms with Gasteiger partial charge in [-0.25, -0.2) is 0 Å². The maximum Gasteiger partial charge on any atom is 0.119 e. The van der Waals surface area contributed by atoms with Crippen molar-refractivity contribution in [3.8, 4) is 5.75 Å². The lowest BCUT2D eigenvalue weighted by Gasteiger charge is -2.36. The van der Waals surface area contributed by atoms with Gasteiger partial charge in [-0.15, -0.1) is 0 Å². The molecule has 1 rings (SSSR count). The first-order valence-electron chi connectivity index (χ1n) is 8.10. The van der Waals surface area contributed by atoms with E-state index in [0.717, 1.165) is 25.3 Å². The minimum absolute atomic E-state index is 0.148. The molecule has 0 saturated carbocycles. The smallest absolute Gasteiger partial charge is 0.119 e. The Morgan fingerprint density at radius 2 is 1.81 bits per heavy atom. The summed E-state index contributed by atoms with van der Waals surface area (Å²) in [7, 11) is 0. The van der Waals surface area contributed by atoms with Crippen LogP contribution in [-0.4, -0.2) is 31.1 Å². The fraction of sp³-hybridized carbons (Fsp3) is 0.667. The van der Waals surface area contributed by atoms with Crippen LogP contribution < -0.4 is 10.5 Å². The maximum absolute atomic E-state index is 5.90. The van der Waals surface area contributed by atoms with Crippen LogP contribution in [0.15, 0.2) is 24.3 Å². The SMILES string of the molecule is CCCN(CC(C)(C)CN)C(C)c1ccc(OCC)cc1. The minimum Gasteiger partial charge on any atom is -0.494 e. The normalized spacial score (nSPS) is 13.5. The van der Waals surface area contributed by atoms with Gasteiger partial charge in [-0.2, -0.15) is 0 Å². The van der Waals surface area contributed by atoms with E-state index >= 15 is 0 Å². The second-order valence-corrected chi connectivity index (χ2v) is 6.52. The average molecular weight is 292 g/mol. The summed E-state index contributed by atoms with van der Waals surface area (Å²) in [6.45, 7) is 14.5. The predicted octanol–water partition coefficient (Wildman–Crippen LogP) is 3.84. The molecule has 0 amide bonds. The molecule has 1 unspecified atom stereocenters. The quantitative estimate of drug-likeness (QED) is 0.751. The molecular formula is C18H32N2O. The lowest BCUT2D eigenvalue weighted by atomic mass is 9.91. The number of ether oxygens (including phenoxy) is 1. The van der Waals surface area contributed by atoms with Crippen molar-refractivity contribution in [1.82, 2.24) is 4.90 Å². The zero-order valence-electron chi connectivity index (χ0n) is 14.4. The second-order valence-electron chi connectivity index (χ2n) is 6.52. The van der Waals surface area contributed by atoms with Gasteiger partial charge in [0.25, 0.3) is 0 Å². The van der Waals surface area contributed by atoms with Crippen molar-refractivity contribution in [2.24, 2.45) is 11.1 Å². The van der Waals surface area contributed by atoms with Crippen LogP contribution in [0.2, 0.25) is 0 Å². The molecule has 1 atom stereocenters. The van der Waals surface area contributed by atoms with Gasteiger partial charge >= 0.3 is 0 Å². The first-order valence-corrected chi connectivity index (χ1v) is 8.10. The molecular weight excluding hydrogens is 260 g/mol. The van der Waals surface area contributed by atoms with Gasteiger partial charge in [0, 0.05) is 12.6 Å². The predicted molar refractivity (Wildman–Crippen MR) is 90.7 cm³/mol. The van der Waals surface area contributed by atoms with Crippen LogP contribution in [0.4, 0.5) is 0 Å². The number of rotatable bonds is 9. The highest BCUT2D eigenvalue weighted by atomic mass is 16.5. The summed E-state index contributed by atoms with van der Waals surface area (Å²) < 4.78 is 5.52. The molecule has 0 aliphatic carbocycles. The highest BCUT2D eigenvalue weighted by Crippen LogP contribution is 2.26. The van der Waals surface area contributed by atoms with Gasteiger partial charge in [-0.05, 0) is 56.5 Å².